The third-order valence-electron chi connectivity index (χ3n) is 7.97. The molecule has 5 rings (SSSR count). The van der Waals surface area contributed by atoms with Crippen molar-refractivity contribution < 1.29 is 22.7 Å². The van der Waals surface area contributed by atoms with Crippen molar-refractivity contribution in [3.63, 3.8) is 0 Å². The molecule has 0 radical (unpaired) electrons. The van der Waals surface area contributed by atoms with Gasteiger partial charge < -0.3 is 19.1 Å². The monoisotopic (exact) mass is 545 g/mol. The highest BCUT2D eigenvalue weighted by molar-refractivity contribution is 5.95. The Balaban J connectivity index is 1.55. The van der Waals surface area contributed by atoms with Crippen molar-refractivity contribution in [1.82, 2.24) is 19.2 Å². The van der Waals surface area contributed by atoms with E-state index in [1.165, 1.54) is 18.2 Å². The van der Waals surface area contributed by atoms with Crippen LogP contribution in [-0.2, 0) is 18.0 Å². The Bertz CT molecular complexity index is 1410. The Kier molecular flexibility index (Phi) is 7.45. The van der Waals surface area contributed by atoms with Crippen LogP contribution in [0.15, 0.2) is 41.2 Å². The van der Waals surface area contributed by atoms with Gasteiger partial charge in [0, 0.05) is 50.5 Å². The second kappa shape index (κ2) is 10.7. The van der Waals surface area contributed by atoms with Crippen LogP contribution in [-0.4, -0.2) is 56.9 Å². The molecule has 1 amide bonds. The van der Waals surface area contributed by atoms with Crippen LogP contribution in [0, 0.1) is 0 Å². The van der Waals surface area contributed by atoms with E-state index in [1.54, 1.807) is 22.6 Å². The highest BCUT2D eigenvalue weighted by Gasteiger charge is 2.39. The molecule has 0 bridgehead atoms. The molecule has 0 saturated carbocycles. The number of piperazine rings is 1. The molecule has 1 unspecified atom stereocenters. The van der Waals surface area contributed by atoms with Gasteiger partial charge in [-0.05, 0) is 56.4 Å². The van der Waals surface area contributed by atoms with Gasteiger partial charge in [0.15, 0.2) is 12.0 Å². The number of anilines is 1. The van der Waals surface area contributed by atoms with E-state index in [0.29, 0.717) is 43.6 Å². The molecule has 0 N–H and O–H groups in total. The molecule has 39 heavy (non-hydrogen) atoms. The number of carbonyl (C=O) groups excluding carboxylic acids is 1. The largest absolute Gasteiger partial charge is 0.416 e. The summed E-state index contributed by atoms with van der Waals surface area (Å²) in [7, 11) is 1.73. The normalized spacial score (nSPS) is 22.5. The first-order chi connectivity index (χ1) is 18.6. The number of alkyl halides is 3. The van der Waals surface area contributed by atoms with E-state index in [-0.39, 0.29) is 29.4 Å². The number of carbonyl (C=O) groups is 1. The molecule has 2 aliphatic rings. The molecule has 1 aromatic carbocycles. The van der Waals surface area contributed by atoms with Crippen LogP contribution in [0.2, 0.25) is 0 Å². The molecule has 2 aliphatic heterocycles. The van der Waals surface area contributed by atoms with E-state index in [4.69, 9.17) is 9.84 Å². The summed E-state index contributed by atoms with van der Waals surface area (Å²) in [6.45, 7) is 5.42. The summed E-state index contributed by atoms with van der Waals surface area (Å²) in [5.41, 5.74) is 0.441. The third-order valence-corrected chi connectivity index (χ3v) is 7.97. The summed E-state index contributed by atoms with van der Waals surface area (Å²) in [4.78, 5) is 30.2. The van der Waals surface area contributed by atoms with E-state index in [9.17, 15) is 22.8 Å². The van der Waals surface area contributed by atoms with Crippen molar-refractivity contribution in [2.24, 2.45) is 7.05 Å². The number of aryl methyl sites for hydroxylation is 1. The maximum absolute atomic E-state index is 13.6. The molecule has 2 saturated heterocycles. The Morgan fingerprint density at radius 1 is 1.08 bits per heavy atom. The first kappa shape index (κ1) is 27.2. The van der Waals surface area contributed by atoms with Crippen LogP contribution in [0.1, 0.15) is 68.1 Å². The second-order valence-electron chi connectivity index (χ2n) is 10.4. The van der Waals surface area contributed by atoms with Gasteiger partial charge in [-0.15, -0.1) is 0 Å². The van der Waals surface area contributed by atoms with E-state index in [0.717, 1.165) is 37.2 Å². The molecule has 3 atom stereocenters. The topological polar surface area (TPSA) is 72.6 Å². The van der Waals surface area contributed by atoms with Crippen molar-refractivity contribution in [3.8, 4) is 0 Å². The van der Waals surface area contributed by atoms with Crippen LogP contribution in [0.25, 0.3) is 11.0 Å². The first-order valence-electron chi connectivity index (χ1n) is 13.6. The molecule has 11 heteroatoms. The van der Waals surface area contributed by atoms with Gasteiger partial charge in [-0.2, -0.15) is 18.3 Å². The SMILES string of the molecule is CC[C@@H]1CN(c2c3c(ccc(=O)n3C)nn2C2CCCCO2)[C@@H](CC)CN1C(=O)c1cccc(C(F)(F)F)c1. The Morgan fingerprint density at radius 3 is 2.51 bits per heavy atom. The quantitative estimate of drug-likeness (QED) is 0.453. The summed E-state index contributed by atoms with van der Waals surface area (Å²) in [5, 5.41) is 4.87. The Morgan fingerprint density at radius 2 is 1.85 bits per heavy atom. The number of fused-ring (bicyclic) bond motifs is 1. The van der Waals surface area contributed by atoms with E-state index in [1.807, 2.05) is 18.5 Å². The van der Waals surface area contributed by atoms with Crippen molar-refractivity contribution in [2.45, 2.75) is 70.4 Å². The van der Waals surface area contributed by atoms with Crippen molar-refractivity contribution >= 4 is 22.8 Å². The van der Waals surface area contributed by atoms with Gasteiger partial charge in [0.1, 0.15) is 11.0 Å². The Hall–Kier alpha value is -3.34. The minimum atomic E-state index is -4.53. The van der Waals surface area contributed by atoms with E-state index < -0.39 is 17.6 Å². The van der Waals surface area contributed by atoms with Crippen molar-refractivity contribution in [3.05, 3.63) is 57.9 Å². The van der Waals surface area contributed by atoms with Crippen LogP contribution < -0.4 is 10.5 Å². The lowest BCUT2D eigenvalue weighted by Crippen LogP contribution is -2.60. The number of nitrogens with zero attached hydrogens (tertiary/aromatic N) is 5. The van der Waals surface area contributed by atoms with Crippen LogP contribution in [0.3, 0.4) is 0 Å². The smallest absolute Gasteiger partial charge is 0.356 e. The first-order valence-corrected chi connectivity index (χ1v) is 13.6. The zero-order valence-corrected chi connectivity index (χ0v) is 22.4. The number of halogens is 3. The molecule has 3 aromatic rings. The fourth-order valence-corrected chi connectivity index (χ4v) is 5.78. The zero-order chi connectivity index (χ0) is 27.9. The fraction of sp³-hybridized carbons (Fsp3) is 0.536. The highest BCUT2D eigenvalue weighted by atomic mass is 19.4. The van der Waals surface area contributed by atoms with Gasteiger partial charge in [0.2, 0.25) is 0 Å². The van der Waals surface area contributed by atoms with Gasteiger partial charge in [0.25, 0.3) is 11.5 Å². The number of aromatic nitrogens is 3. The molecule has 2 fully saturated rings. The average molecular weight is 546 g/mol. The van der Waals surface area contributed by atoms with Crippen LogP contribution in [0.5, 0.6) is 0 Å². The Labute approximate surface area is 224 Å². The van der Waals surface area contributed by atoms with Crippen molar-refractivity contribution in [1.29, 1.82) is 0 Å². The summed E-state index contributed by atoms with van der Waals surface area (Å²) < 4.78 is 49.6. The standard InChI is InChI=1S/C28H34F3N5O3/c1-4-20-17-35(27(38)18-9-8-10-19(15-18)28(29,30)31)21(5-2)16-34(20)26-25-22(12-13-23(37)33(25)3)32-36(26)24-11-6-7-14-39-24/h8-10,12-13,15,20-21,24H,4-7,11,14,16-17H2,1-3H3/t20-,21+,24?/m0/s1. The minimum absolute atomic E-state index is 0.0278. The molecule has 0 aliphatic carbocycles. The lowest BCUT2D eigenvalue weighted by atomic mass is 10.00. The number of hydrogen-bond donors (Lipinski definition) is 0. The molecule has 4 heterocycles. The molecule has 210 valence electrons. The summed E-state index contributed by atoms with van der Waals surface area (Å²) in [5.74, 6) is 0.376. The second-order valence-corrected chi connectivity index (χ2v) is 10.4. The summed E-state index contributed by atoms with van der Waals surface area (Å²) >= 11 is 0. The van der Waals surface area contributed by atoms with Crippen LogP contribution >= 0.6 is 0 Å². The predicted molar refractivity (Wildman–Crippen MR) is 142 cm³/mol. The highest BCUT2D eigenvalue weighted by Crippen LogP contribution is 2.37. The maximum atomic E-state index is 13.6. The van der Waals surface area contributed by atoms with Gasteiger partial charge in [0.05, 0.1) is 5.56 Å². The molecule has 0 spiro atoms. The molecular weight excluding hydrogens is 511 g/mol. The number of rotatable bonds is 5. The number of hydrogen-bond acceptors (Lipinski definition) is 5. The lowest BCUT2D eigenvalue weighted by molar-refractivity contribution is -0.137. The lowest BCUT2D eigenvalue weighted by Gasteiger charge is -2.47. The third kappa shape index (κ3) is 5.04. The maximum Gasteiger partial charge on any atom is 0.416 e. The fourth-order valence-electron chi connectivity index (χ4n) is 5.78. The van der Waals surface area contributed by atoms with Gasteiger partial charge in [-0.1, -0.05) is 19.9 Å². The summed E-state index contributed by atoms with van der Waals surface area (Å²) in [6, 6.07) is 7.47. The number of benzene rings is 1. The number of amides is 1. The molecule has 8 nitrogen and oxygen atoms in total. The summed E-state index contributed by atoms with van der Waals surface area (Å²) in [6.07, 6.45) is -0.702. The van der Waals surface area contributed by atoms with Gasteiger partial charge >= 0.3 is 6.18 Å². The minimum Gasteiger partial charge on any atom is -0.356 e. The van der Waals surface area contributed by atoms with Gasteiger partial charge in [-0.3, -0.25) is 9.59 Å². The number of pyridine rings is 1. The van der Waals surface area contributed by atoms with Gasteiger partial charge in [-0.25, -0.2) is 4.68 Å². The van der Waals surface area contributed by atoms with Crippen LogP contribution in [0.4, 0.5) is 19.0 Å². The van der Waals surface area contributed by atoms with E-state index in [2.05, 4.69) is 4.90 Å². The molecule has 2 aromatic heterocycles. The predicted octanol–water partition coefficient (Wildman–Crippen LogP) is 4.97. The number of ether oxygens (including phenoxy) is 1. The zero-order valence-electron chi connectivity index (χ0n) is 22.4. The van der Waals surface area contributed by atoms with E-state index >= 15 is 0 Å². The molecular formula is C28H34F3N5O3. The van der Waals surface area contributed by atoms with Crippen molar-refractivity contribution in [2.75, 3.05) is 24.6 Å². The average Bonchev–Trinajstić information content (AvgIpc) is 3.34.